The molecule has 2 aromatic rings. The van der Waals surface area contributed by atoms with Crippen LogP contribution in [0.2, 0.25) is 0 Å². The second-order valence-corrected chi connectivity index (χ2v) is 5.83. The molecule has 0 spiro atoms. The van der Waals surface area contributed by atoms with Gasteiger partial charge >= 0.3 is 0 Å². The minimum Gasteiger partial charge on any atom is -0.506 e. The number of rotatable bonds is 3. The maximum atomic E-state index is 12.6. The fourth-order valence-electron chi connectivity index (χ4n) is 2.91. The molecule has 0 unspecified atom stereocenters. The van der Waals surface area contributed by atoms with E-state index in [1.807, 2.05) is 26.4 Å². The van der Waals surface area contributed by atoms with Crippen LogP contribution in [0.1, 0.15) is 17.0 Å². The van der Waals surface area contributed by atoms with Gasteiger partial charge in [0.1, 0.15) is 5.75 Å². The maximum absolute atomic E-state index is 12.6. The normalized spacial score (nSPS) is 20.1. The van der Waals surface area contributed by atoms with Crippen LogP contribution in [0.3, 0.4) is 0 Å². The van der Waals surface area contributed by atoms with Crippen molar-refractivity contribution in [1.82, 2.24) is 15.1 Å². The Kier molecular flexibility index (Phi) is 5.28. The number of halogens is 1. The molecule has 0 radical (unpaired) electrons. The third kappa shape index (κ3) is 3.65. The van der Waals surface area contributed by atoms with E-state index in [1.165, 1.54) is 0 Å². The molecule has 1 aliphatic rings. The van der Waals surface area contributed by atoms with Gasteiger partial charge in [-0.2, -0.15) is 5.10 Å². The van der Waals surface area contributed by atoms with E-state index in [2.05, 4.69) is 15.7 Å². The summed E-state index contributed by atoms with van der Waals surface area (Å²) < 4.78 is 1.75. The van der Waals surface area contributed by atoms with Crippen molar-refractivity contribution in [2.24, 2.45) is 13.0 Å². The fraction of sp³-hybridized carbons (Fsp3) is 0.375. The Bertz CT molecular complexity index is 701. The molecule has 124 valence electrons. The minimum absolute atomic E-state index is 0. The number of benzene rings is 1. The van der Waals surface area contributed by atoms with Crippen LogP contribution < -0.4 is 10.6 Å². The quantitative estimate of drug-likeness (QED) is 0.747. The summed E-state index contributed by atoms with van der Waals surface area (Å²) in [6, 6.07) is 5.17. The number of nitrogens with one attached hydrogen (secondary N) is 2. The zero-order valence-electron chi connectivity index (χ0n) is 13.1. The van der Waals surface area contributed by atoms with Crippen LogP contribution in [0.5, 0.6) is 5.75 Å². The van der Waals surface area contributed by atoms with Gasteiger partial charge < -0.3 is 15.7 Å². The van der Waals surface area contributed by atoms with Crippen molar-refractivity contribution >= 4 is 24.0 Å². The molecule has 0 aliphatic carbocycles. The van der Waals surface area contributed by atoms with E-state index in [1.54, 1.807) is 22.9 Å². The molecule has 0 bridgehead atoms. The molecule has 0 saturated carbocycles. The first-order valence-corrected chi connectivity index (χ1v) is 7.34. The standard InChI is InChI=1S/C16H20N4O2.ClH/c1-10-3-4-15(21)14(5-10)19-16(22)13-8-17-7-12(13)11-6-18-20(2)9-11;/h3-6,9,12-13,17,21H,7-8H2,1-2H3,(H,19,22);1H/t12-,13+;/m1./s1. The molecule has 6 nitrogen and oxygen atoms in total. The summed E-state index contributed by atoms with van der Waals surface area (Å²) in [5.41, 5.74) is 2.50. The zero-order chi connectivity index (χ0) is 15.7. The Hall–Kier alpha value is -2.05. The highest BCUT2D eigenvalue weighted by atomic mass is 35.5. The average molecular weight is 337 g/mol. The first kappa shape index (κ1) is 17.3. The van der Waals surface area contributed by atoms with Crippen molar-refractivity contribution in [2.45, 2.75) is 12.8 Å². The summed E-state index contributed by atoms with van der Waals surface area (Å²) in [5, 5.41) is 20.2. The van der Waals surface area contributed by atoms with Gasteiger partial charge in [0.15, 0.2) is 0 Å². The van der Waals surface area contributed by atoms with Crippen LogP contribution in [-0.2, 0) is 11.8 Å². The number of anilines is 1. The second-order valence-electron chi connectivity index (χ2n) is 5.83. The smallest absolute Gasteiger partial charge is 0.229 e. The molecule has 7 heteroatoms. The van der Waals surface area contributed by atoms with Crippen LogP contribution >= 0.6 is 12.4 Å². The molecular formula is C16H21ClN4O2. The lowest BCUT2D eigenvalue weighted by Gasteiger charge is -2.17. The average Bonchev–Trinajstić information content (AvgIpc) is 3.11. The molecule has 1 aromatic heterocycles. The summed E-state index contributed by atoms with van der Waals surface area (Å²) in [7, 11) is 1.87. The molecule has 3 rings (SSSR count). The fourth-order valence-corrected chi connectivity index (χ4v) is 2.91. The van der Waals surface area contributed by atoms with E-state index in [0.717, 1.165) is 17.7 Å². The van der Waals surface area contributed by atoms with Gasteiger partial charge in [-0.15, -0.1) is 12.4 Å². The molecule has 1 amide bonds. The lowest BCUT2D eigenvalue weighted by molar-refractivity contribution is -0.119. The van der Waals surface area contributed by atoms with Gasteiger partial charge in [0.05, 0.1) is 17.8 Å². The van der Waals surface area contributed by atoms with Gasteiger partial charge in [0, 0.05) is 32.3 Å². The number of amides is 1. The molecule has 1 aromatic carbocycles. The van der Waals surface area contributed by atoms with Crippen molar-refractivity contribution < 1.29 is 9.90 Å². The molecular weight excluding hydrogens is 316 g/mol. The summed E-state index contributed by atoms with van der Waals surface area (Å²) in [6.07, 6.45) is 3.75. The predicted octanol–water partition coefficient (Wildman–Crippen LogP) is 1.80. The number of hydrogen-bond donors (Lipinski definition) is 3. The van der Waals surface area contributed by atoms with Gasteiger partial charge in [-0.25, -0.2) is 0 Å². The van der Waals surface area contributed by atoms with Crippen LogP contribution in [0.25, 0.3) is 0 Å². The van der Waals surface area contributed by atoms with Crippen molar-refractivity contribution in [3.05, 3.63) is 41.7 Å². The molecule has 1 saturated heterocycles. The Morgan fingerprint density at radius 2 is 2.22 bits per heavy atom. The Morgan fingerprint density at radius 1 is 1.43 bits per heavy atom. The van der Waals surface area contributed by atoms with E-state index in [0.29, 0.717) is 12.2 Å². The molecule has 2 heterocycles. The number of phenolic OH excluding ortho intramolecular Hbond substituents is 1. The molecule has 1 fully saturated rings. The molecule has 2 atom stereocenters. The van der Waals surface area contributed by atoms with Gasteiger partial charge in [-0.05, 0) is 30.2 Å². The maximum Gasteiger partial charge on any atom is 0.229 e. The molecule has 23 heavy (non-hydrogen) atoms. The highest BCUT2D eigenvalue weighted by molar-refractivity contribution is 5.95. The van der Waals surface area contributed by atoms with Crippen molar-refractivity contribution in [1.29, 1.82) is 0 Å². The van der Waals surface area contributed by atoms with Crippen LogP contribution in [0.15, 0.2) is 30.6 Å². The largest absolute Gasteiger partial charge is 0.506 e. The van der Waals surface area contributed by atoms with E-state index < -0.39 is 0 Å². The zero-order valence-corrected chi connectivity index (χ0v) is 13.9. The summed E-state index contributed by atoms with van der Waals surface area (Å²) in [4.78, 5) is 12.6. The van der Waals surface area contributed by atoms with E-state index >= 15 is 0 Å². The first-order valence-electron chi connectivity index (χ1n) is 7.34. The highest BCUT2D eigenvalue weighted by Crippen LogP contribution is 2.30. The van der Waals surface area contributed by atoms with E-state index in [-0.39, 0.29) is 35.9 Å². The Balaban J connectivity index is 0.00000192. The Morgan fingerprint density at radius 3 is 2.91 bits per heavy atom. The number of carbonyl (C=O) groups excluding carboxylic acids is 1. The third-order valence-electron chi connectivity index (χ3n) is 4.11. The van der Waals surface area contributed by atoms with E-state index in [4.69, 9.17) is 0 Å². The van der Waals surface area contributed by atoms with Crippen LogP contribution in [0.4, 0.5) is 5.69 Å². The lowest BCUT2D eigenvalue weighted by atomic mass is 9.90. The number of carbonyl (C=O) groups is 1. The Labute approximate surface area is 141 Å². The molecule has 1 aliphatic heterocycles. The summed E-state index contributed by atoms with van der Waals surface area (Å²) in [5.74, 6) is -0.0765. The number of phenols is 1. The van der Waals surface area contributed by atoms with Gasteiger partial charge in [0.25, 0.3) is 0 Å². The number of hydrogen-bond acceptors (Lipinski definition) is 4. The predicted molar refractivity (Wildman–Crippen MR) is 91.0 cm³/mol. The number of aromatic hydroxyl groups is 1. The van der Waals surface area contributed by atoms with Crippen molar-refractivity contribution in [3.8, 4) is 5.75 Å². The highest BCUT2D eigenvalue weighted by Gasteiger charge is 2.34. The first-order chi connectivity index (χ1) is 10.5. The van der Waals surface area contributed by atoms with Crippen molar-refractivity contribution in [3.63, 3.8) is 0 Å². The van der Waals surface area contributed by atoms with Gasteiger partial charge in [-0.3, -0.25) is 9.48 Å². The SMILES string of the molecule is Cc1ccc(O)c(NC(=O)[C@H]2CNC[C@@H]2c2cnn(C)c2)c1.Cl. The summed E-state index contributed by atoms with van der Waals surface area (Å²) in [6.45, 7) is 3.30. The monoisotopic (exact) mass is 336 g/mol. The lowest BCUT2D eigenvalue weighted by Crippen LogP contribution is -2.28. The van der Waals surface area contributed by atoms with Crippen molar-refractivity contribution in [2.75, 3.05) is 18.4 Å². The number of aryl methyl sites for hydroxylation is 2. The second kappa shape index (κ2) is 7.02. The topological polar surface area (TPSA) is 79.2 Å². The minimum atomic E-state index is -0.177. The molecule has 3 N–H and O–H groups in total. The third-order valence-corrected chi connectivity index (χ3v) is 4.11. The summed E-state index contributed by atoms with van der Waals surface area (Å²) >= 11 is 0. The number of aromatic nitrogens is 2. The van der Waals surface area contributed by atoms with Crippen LogP contribution in [0, 0.1) is 12.8 Å². The van der Waals surface area contributed by atoms with Crippen LogP contribution in [-0.4, -0.2) is 33.9 Å². The van der Waals surface area contributed by atoms with Gasteiger partial charge in [0.2, 0.25) is 5.91 Å². The van der Waals surface area contributed by atoms with Gasteiger partial charge in [-0.1, -0.05) is 6.07 Å². The van der Waals surface area contributed by atoms with E-state index in [9.17, 15) is 9.90 Å². The number of nitrogens with zero attached hydrogens (tertiary/aromatic N) is 2.